The highest BCUT2D eigenvalue weighted by atomic mass is 16.1. The quantitative estimate of drug-likeness (QED) is 0.489. The summed E-state index contributed by atoms with van der Waals surface area (Å²) in [6.45, 7) is 3.81. The zero-order valence-electron chi connectivity index (χ0n) is 8.02. The first-order chi connectivity index (χ1) is 6.61. The predicted molar refractivity (Wildman–Crippen MR) is 51.0 cm³/mol. The van der Waals surface area contributed by atoms with Crippen LogP contribution in [0.15, 0.2) is 33.9 Å². The number of rotatable bonds is 2. The van der Waals surface area contributed by atoms with Gasteiger partial charge in [0, 0.05) is 5.41 Å². The Balaban J connectivity index is 3.15. The summed E-state index contributed by atoms with van der Waals surface area (Å²) in [6.07, 6.45) is 8.27. The summed E-state index contributed by atoms with van der Waals surface area (Å²) < 4.78 is 0. The molecule has 0 saturated heterocycles. The average Bonchev–Trinajstić information content (AvgIpc) is 2.11. The van der Waals surface area contributed by atoms with Gasteiger partial charge < -0.3 is 0 Å². The smallest absolute Gasteiger partial charge is 0.211 e. The van der Waals surface area contributed by atoms with Crippen molar-refractivity contribution in [3.8, 4) is 0 Å². The van der Waals surface area contributed by atoms with Crippen molar-refractivity contribution in [1.82, 2.24) is 0 Å². The van der Waals surface area contributed by atoms with Gasteiger partial charge in [-0.1, -0.05) is 26.0 Å². The second kappa shape index (κ2) is 3.97. The number of allylic oxidation sites excluding steroid dienone is 2. The van der Waals surface area contributed by atoms with Crippen molar-refractivity contribution in [3.63, 3.8) is 0 Å². The molecular formula is C10H10N2O2. The van der Waals surface area contributed by atoms with E-state index in [1.54, 1.807) is 12.2 Å². The van der Waals surface area contributed by atoms with Gasteiger partial charge in [0.15, 0.2) is 0 Å². The van der Waals surface area contributed by atoms with Crippen LogP contribution in [-0.2, 0) is 9.59 Å². The zero-order chi connectivity index (χ0) is 10.6. The van der Waals surface area contributed by atoms with Crippen LogP contribution in [0.2, 0.25) is 0 Å². The van der Waals surface area contributed by atoms with Crippen molar-refractivity contribution in [2.24, 2.45) is 15.4 Å². The Kier molecular flexibility index (Phi) is 2.92. The number of hydrogen-bond acceptors (Lipinski definition) is 4. The lowest BCUT2D eigenvalue weighted by molar-refractivity contribution is 0.402. The normalized spacial score (nSPS) is 23.0. The third-order valence-corrected chi connectivity index (χ3v) is 2.13. The lowest BCUT2D eigenvalue weighted by atomic mass is 9.80. The maximum Gasteiger partial charge on any atom is 0.240 e. The fourth-order valence-electron chi connectivity index (χ4n) is 1.39. The summed E-state index contributed by atoms with van der Waals surface area (Å²) in [5.41, 5.74) is 0.109. The van der Waals surface area contributed by atoms with Crippen LogP contribution < -0.4 is 0 Å². The topological polar surface area (TPSA) is 58.9 Å². The Bertz CT molecular complexity index is 381. The molecule has 1 unspecified atom stereocenters. The van der Waals surface area contributed by atoms with E-state index in [-0.39, 0.29) is 5.41 Å². The maximum absolute atomic E-state index is 10.2. The predicted octanol–water partition coefficient (Wildman–Crippen LogP) is 1.51. The highest BCUT2D eigenvalue weighted by Gasteiger charge is 2.32. The van der Waals surface area contributed by atoms with E-state index in [1.807, 2.05) is 19.9 Å². The number of hydrogen-bond donors (Lipinski definition) is 0. The van der Waals surface area contributed by atoms with Gasteiger partial charge in [-0.05, 0) is 6.08 Å². The van der Waals surface area contributed by atoms with Crippen molar-refractivity contribution in [2.75, 3.05) is 0 Å². The van der Waals surface area contributed by atoms with Gasteiger partial charge in [-0.3, -0.25) is 0 Å². The third-order valence-electron chi connectivity index (χ3n) is 2.13. The molecule has 0 aromatic carbocycles. The fraction of sp³-hybridized carbons (Fsp3) is 0.400. The van der Waals surface area contributed by atoms with Gasteiger partial charge in [0.1, 0.15) is 6.04 Å². The molecule has 0 saturated carbocycles. The standard InChI is InChI=1S/C10H10N2O2/c1-10(2)5-3-4-8(11-6-13)9(10)12-7-14/h3-5,9H,1-2H3. The molecule has 0 spiro atoms. The molecule has 0 heterocycles. The molecular weight excluding hydrogens is 180 g/mol. The molecule has 0 aromatic rings. The summed E-state index contributed by atoms with van der Waals surface area (Å²) in [5, 5.41) is 0. The molecule has 72 valence electrons. The van der Waals surface area contributed by atoms with E-state index in [0.717, 1.165) is 0 Å². The summed E-state index contributed by atoms with van der Waals surface area (Å²) in [7, 11) is 0. The molecule has 0 amide bonds. The van der Waals surface area contributed by atoms with Crippen molar-refractivity contribution in [1.29, 1.82) is 0 Å². The Labute approximate surface area is 81.8 Å². The molecule has 4 nitrogen and oxygen atoms in total. The SMILES string of the molecule is CC1(C)C=CC=C(N=C=O)C1N=C=O. The van der Waals surface area contributed by atoms with Crippen LogP contribution in [-0.4, -0.2) is 18.2 Å². The first-order valence-corrected chi connectivity index (χ1v) is 4.16. The number of isocyanates is 2. The molecule has 0 N–H and O–H groups in total. The van der Waals surface area contributed by atoms with E-state index >= 15 is 0 Å². The van der Waals surface area contributed by atoms with Gasteiger partial charge in [0.25, 0.3) is 0 Å². The molecule has 0 aliphatic heterocycles. The van der Waals surface area contributed by atoms with E-state index in [2.05, 4.69) is 9.98 Å². The van der Waals surface area contributed by atoms with Crippen molar-refractivity contribution in [3.05, 3.63) is 23.9 Å². The second-order valence-electron chi connectivity index (χ2n) is 3.60. The van der Waals surface area contributed by atoms with Gasteiger partial charge in [0.05, 0.1) is 5.70 Å². The van der Waals surface area contributed by atoms with Gasteiger partial charge in [0.2, 0.25) is 12.2 Å². The molecule has 0 fully saturated rings. The van der Waals surface area contributed by atoms with E-state index in [4.69, 9.17) is 0 Å². The Morgan fingerprint density at radius 3 is 2.64 bits per heavy atom. The summed E-state index contributed by atoms with van der Waals surface area (Å²) in [5.74, 6) is 0. The molecule has 0 aromatic heterocycles. The maximum atomic E-state index is 10.2. The fourth-order valence-corrected chi connectivity index (χ4v) is 1.39. The molecule has 4 heteroatoms. The van der Waals surface area contributed by atoms with Crippen LogP contribution in [0, 0.1) is 5.41 Å². The van der Waals surface area contributed by atoms with Crippen molar-refractivity contribution >= 4 is 12.2 Å². The summed E-state index contributed by atoms with van der Waals surface area (Å²) >= 11 is 0. The van der Waals surface area contributed by atoms with Crippen molar-refractivity contribution < 1.29 is 9.59 Å². The lowest BCUT2D eigenvalue weighted by Gasteiger charge is -2.29. The highest BCUT2D eigenvalue weighted by Crippen LogP contribution is 2.33. The van der Waals surface area contributed by atoms with Crippen LogP contribution in [0.5, 0.6) is 0 Å². The third kappa shape index (κ3) is 1.94. The molecule has 14 heavy (non-hydrogen) atoms. The minimum atomic E-state index is -0.452. The minimum Gasteiger partial charge on any atom is -0.211 e. The van der Waals surface area contributed by atoms with Gasteiger partial charge in [-0.15, -0.1) is 0 Å². The first kappa shape index (κ1) is 10.3. The molecule has 1 atom stereocenters. The van der Waals surface area contributed by atoms with E-state index in [9.17, 15) is 9.59 Å². The van der Waals surface area contributed by atoms with Gasteiger partial charge >= 0.3 is 0 Å². The Morgan fingerprint density at radius 2 is 2.07 bits per heavy atom. The molecule has 1 aliphatic carbocycles. The Hall–Kier alpha value is -1.76. The number of aliphatic imine (C=N–C) groups is 2. The molecule has 1 rings (SSSR count). The van der Waals surface area contributed by atoms with Crippen molar-refractivity contribution in [2.45, 2.75) is 19.9 Å². The zero-order valence-corrected chi connectivity index (χ0v) is 8.02. The molecule has 0 radical (unpaired) electrons. The van der Waals surface area contributed by atoms with Crippen LogP contribution >= 0.6 is 0 Å². The minimum absolute atomic E-state index is 0.332. The number of carbonyl (C=O) groups excluding carboxylic acids is 2. The van der Waals surface area contributed by atoms with Crippen LogP contribution in [0.4, 0.5) is 0 Å². The van der Waals surface area contributed by atoms with E-state index < -0.39 is 6.04 Å². The van der Waals surface area contributed by atoms with Crippen LogP contribution in [0.3, 0.4) is 0 Å². The average molecular weight is 190 g/mol. The monoisotopic (exact) mass is 190 g/mol. The Morgan fingerprint density at radius 1 is 1.36 bits per heavy atom. The van der Waals surface area contributed by atoms with Gasteiger partial charge in [-0.2, -0.15) is 9.98 Å². The summed E-state index contributed by atoms with van der Waals surface area (Å²) in [6, 6.07) is -0.452. The molecule has 0 bridgehead atoms. The van der Waals surface area contributed by atoms with Gasteiger partial charge in [-0.25, -0.2) is 9.59 Å². The largest absolute Gasteiger partial charge is 0.240 e. The molecule has 1 aliphatic rings. The second-order valence-corrected chi connectivity index (χ2v) is 3.60. The van der Waals surface area contributed by atoms with Crippen LogP contribution in [0.1, 0.15) is 13.8 Å². The van der Waals surface area contributed by atoms with E-state index in [1.165, 1.54) is 12.2 Å². The highest BCUT2D eigenvalue weighted by molar-refractivity contribution is 5.44. The summed E-state index contributed by atoms with van der Waals surface area (Å²) in [4.78, 5) is 27.5. The first-order valence-electron chi connectivity index (χ1n) is 4.16. The number of nitrogens with zero attached hydrogens (tertiary/aromatic N) is 2. The lowest BCUT2D eigenvalue weighted by Crippen LogP contribution is -2.28. The van der Waals surface area contributed by atoms with Crippen LogP contribution in [0.25, 0.3) is 0 Å². The van der Waals surface area contributed by atoms with E-state index in [0.29, 0.717) is 5.70 Å².